The predicted molar refractivity (Wildman–Crippen MR) is 70.1 cm³/mol. The van der Waals surface area contributed by atoms with Crippen molar-refractivity contribution in [2.75, 3.05) is 25.6 Å². The lowest BCUT2D eigenvalue weighted by Crippen LogP contribution is -2.19. The zero-order chi connectivity index (χ0) is 12.1. The first-order chi connectivity index (χ1) is 8.29. The third-order valence-corrected chi connectivity index (χ3v) is 3.29. The van der Waals surface area contributed by atoms with Gasteiger partial charge in [-0.2, -0.15) is 0 Å². The van der Waals surface area contributed by atoms with Crippen molar-refractivity contribution in [1.82, 2.24) is 0 Å². The van der Waals surface area contributed by atoms with Crippen LogP contribution in [0.2, 0.25) is 5.02 Å². The zero-order valence-corrected chi connectivity index (χ0v) is 10.8. The Morgan fingerprint density at radius 3 is 3.06 bits per heavy atom. The molecule has 1 heterocycles. The number of hydrogen-bond acceptors (Lipinski definition) is 3. The molecule has 1 aromatic rings. The minimum Gasteiger partial charge on any atom is -0.495 e. The second-order valence-electron chi connectivity index (χ2n) is 4.23. The maximum Gasteiger partial charge on any atom is 0.139 e. The number of rotatable bonds is 3. The van der Waals surface area contributed by atoms with Crippen LogP contribution >= 0.6 is 11.6 Å². The van der Waals surface area contributed by atoms with E-state index in [1.165, 1.54) is 0 Å². The zero-order valence-electron chi connectivity index (χ0n) is 10.0. The van der Waals surface area contributed by atoms with Crippen LogP contribution in [0.5, 0.6) is 5.75 Å². The molecule has 3 nitrogen and oxygen atoms in total. The summed E-state index contributed by atoms with van der Waals surface area (Å²) < 4.78 is 10.6. The van der Waals surface area contributed by atoms with E-state index < -0.39 is 0 Å². The first kappa shape index (κ1) is 12.5. The number of hydrogen-bond donors (Lipinski definition) is 1. The van der Waals surface area contributed by atoms with Gasteiger partial charge in [0.1, 0.15) is 5.75 Å². The monoisotopic (exact) mass is 255 g/mol. The molecule has 4 heteroatoms. The van der Waals surface area contributed by atoms with E-state index in [2.05, 4.69) is 5.32 Å². The maximum atomic E-state index is 5.99. The first-order valence-electron chi connectivity index (χ1n) is 5.97. The topological polar surface area (TPSA) is 30.5 Å². The molecule has 1 N–H and O–H groups in total. The normalized spacial score (nSPS) is 20.7. The SMILES string of the molecule is COc1cc(NC2CCCOCC2)ccc1Cl. The molecule has 17 heavy (non-hydrogen) atoms. The van der Waals surface area contributed by atoms with Gasteiger partial charge in [0.2, 0.25) is 0 Å². The van der Waals surface area contributed by atoms with Gasteiger partial charge in [0, 0.05) is 31.0 Å². The largest absolute Gasteiger partial charge is 0.495 e. The van der Waals surface area contributed by atoms with Crippen molar-refractivity contribution in [3.63, 3.8) is 0 Å². The van der Waals surface area contributed by atoms with Gasteiger partial charge in [-0.05, 0) is 31.4 Å². The summed E-state index contributed by atoms with van der Waals surface area (Å²) in [5.74, 6) is 0.710. The summed E-state index contributed by atoms with van der Waals surface area (Å²) in [4.78, 5) is 0. The summed E-state index contributed by atoms with van der Waals surface area (Å²) in [6.07, 6.45) is 3.30. The highest BCUT2D eigenvalue weighted by Gasteiger charge is 2.12. The quantitative estimate of drug-likeness (QED) is 0.899. The second-order valence-corrected chi connectivity index (χ2v) is 4.64. The summed E-state index contributed by atoms with van der Waals surface area (Å²) in [5, 5.41) is 4.15. The standard InChI is InChI=1S/C13H18ClNO2/c1-16-13-9-11(4-5-12(13)14)15-10-3-2-7-17-8-6-10/h4-5,9-10,15H,2-3,6-8H2,1H3. The maximum absolute atomic E-state index is 5.99. The molecule has 0 spiro atoms. The van der Waals surface area contributed by atoms with E-state index in [1.807, 2.05) is 18.2 Å². The van der Waals surface area contributed by atoms with Crippen LogP contribution in [0, 0.1) is 0 Å². The van der Waals surface area contributed by atoms with Crippen molar-refractivity contribution >= 4 is 17.3 Å². The molecule has 1 fully saturated rings. The Bertz CT molecular complexity index is 362. The number of halogens is 1. The second kappa shape index (κ2) is 6.12. The molecule has 1 aromatic carbocycles. The van der Waals surface area contributed by atoms with Crippen molar-refractivity contribution in [2.45, 2.75) is 25.3 Å². The molecule has 0 amide bonds. The Balaban J connectivity index is 2.01. The molecular formula is C13H18ClNO2. The Kier molecular flexibility index (Phi) is 4.51. The third-order valence-electron chi connectivity index (χ3n) is 2.97. The molecule has 94 valence electrons. The van der Waals surface area contributed by atoms with Crippen LogP contribution < -0.4 is 10.1 Å². The van der Waals surface area contributed by atoms with Crippen molar-refractivity contribution in [3.8, 4) is 5.75 Å². The fraction of sp³-hybridized carbons (Fsp3) is 0.538. The molecule has 0 saturated carbocycles. The summed E-state index contributed by atoms with van der Waals surface area (Å²) in [6, 6.07) is 6.25. The molecule has 1 aliphatic rings. The molecular weight excluding hydrogens is 238 g/mol. The molecule has 1 unspecified atom stereocenters. The molecule has 0 radical (unpaired) electrons. The molecule has 1 saturated heterocycles. The van der Waals surface area contributed by atoms with Crippen LogP contribution in [0.1, 0.15) is 19.3 Å². The average molecular weight is 256 g/mol. The highest BCUT2D eigenvalue weighted by molar-refractivity contribution is 6.32. The molecule has 1 atom stereocenters. The van der Waals surface area contributed by atoms with Crippen LogP contribution in [0.3, 0.4) is 0 Å². The van der Waals surface area contributed by atoms with Crippen molar-refractivity contribution in [1.29, 1.82) is 0 Å². The fourth-order valence-electron chi connectivity index (χ4n) is 2.03. The van der Waals surface area contributed by atoms with Gasteiger partial charge >= 0.3 is 0 Å². The third kappa shape index (κ3) is 3.51. The van der Waals surface area contributed by atoms with Gasteiger partial charge in [0.15, 0.2) is 0 Å². The minimum atomic E-state index is 0.475. The van der Waals surface area contributed by atoms with E-state index in [9.17, 15) is 0 Å². The van der Waals surface area contributed by atoms with Crippen molar-refractivity contribution < 1.29 is 9.47 Å². The van der Waals surface area contributed by atoms with Gasteiger partial charge in [-0.1, -0.05) is 11.6 Å². The van der Waals surface area contributed by atoms with Gasteiger partial charge in [-0.25, -0.2) is 0 Å². The first-order valence-corrected chi connectivity index (χ1v) is 6.35. The highest BCUT2D eigenvalue weighted by Crippen LogP contribution is 2.28. The molecule has 0 bridgehead atoms. The minimum absolute atomic E-state index is 0.475. The van der Waals surface area contributed by atoms with E-state index >= 15 is 0 Å². The van der Waals surface area contributed by atoms with E-state index in [-0.39, 0.29) is 0 Å². The summed E-state index contributed by atoms with van der Waals surface area (Å²) >= 11 is 5.99. The van der Waals surface area contributed by atoms with Gasteiger partial charge < -0.3 is 14.8 Å². The lowest BCUT2D eigenvalue weighted by atomic mass is 10.1. The van der Waals surface area contributed by atoms with Gasteiger partial charge in [0.05, 0.1) is 12.1 Å². The summed E-state index contributed by atoms with van der Waals surface area (Å²) in [6.45, 7) is 1.71. The van der Waals surface area contributed by atoms with Crippen LogP contribution in [-0.4, -0.2) is 26.4 Å². The van der Waals surface area contributed by atoms with E-state index in [4.69, 9.17) is 21.1 Å². The Morgan fingerprint density at radius 1 is 1.35 bits per heavy atom. The van der Waals surface area contributed by atoms with E-state index in [1.54, 1.807) is 7.11 Å². The summed E-state index contributed by atoms with van der Waals surface area (Å²) in [7, 11) is 1.63. The number of anilines is 1. The lowest BCUT2D eigenvalue weighted by molar-refractivity contribution is 0.144. The van der Waals surface area contributed by atoms with Crippen LogP contribution in [0.15, 0.2) is 18.2 Å². The van der Waals surface area contributed by atoms with E-state index in [0.29, 0.717) is 16.8 Å². The fourth-order valence-corrected chi connectivity index (χ4v) is 2.23. The predicted octanol–water partition coefficient (Wildman–Crippen LogP) is 3.33. The number of benzene rings is 1. The van der Waals surface area contributed by atoms with Gasteiger partial charge in [0.25, 0.3) is 0 Å². The van der Waals surface area contributed by atoms with Gasteiger partial charge in [-0.15, -0.1) is 0 Å². The van der Waals surface area contributed by atoms with Crippen molar-refractivity contribution in [3.05, 3.63) is 23.2 Å². The van der Waals surface area contributed by atoms with E-state index in [0.717, 1.165) is 38.2 Å². The van der Waals surface area contributed by atoms with Crippen LogP contribution in [0.4, 0.5) is 5.69 Å². The van der Waals surface area contributed by atoms with Crippen molar-refractivity contribution in [2.24, 2.45) is 0 Å². The molecule has 0 aromatic heterocycles. The van der Waals surface area contributed by atoms with Gasteiger partial charge in [-0.3, -0.25) is 0 Å². The number of methoxy groups -OCH3 is 1. The highest BCUT2D eigenvalue weighted by atomic mass is 35.5. The number of nitrogens with one attached hydrogen (secondary N) is 1. The average Bonchev–Trinajstić information content (AvgIpc) is 2.60. The Labute approximate surface area is 107 Å². The molecule has 0 aliphatic carbocycles. The lowest BCUT2D eigenvalue weighted by Gasteiger charge is -2.17. The molecule has 1 aliphatic heterocycles. The summed E-state index contributed by atoms with van der Waals surface area (Å²) in [5.41, 5.74) is 1.05. The van der Waals surface area contributed by atoms with Crippen LogP contribution in [-0.2, 0) is 4.74 Å². The smallest absolute Gasteiger partial charge is 0.139 e. The van der Waals surface area contributed by atoms with Crippen LogP contribution in [0.25, 0.3) is 0 Å². The Hall–Kier alpha value is -0.930. The number of ether oxygens (including phenoxy) is 2. The molecule has 2 rings (SSSR count). The Morgan fingerprint density at radius 2 is 2.24 bits per heavy atom.